The van der Waals surface area contributed by atoms with Gasteiger partial charge in [0, 0.05) is 29.9 Å². The van der Waals surface area contributed by atoms with Gasteiger partial charge in [-0.1, -0.05) is 6.07 Å². The van der Waals surface area contributed by atoms with E-state index in [4.69, 9.17) is 5.10 Å². The Hall–Kier alpha value is -3.33. The molecular formula is C28H36N8. The lowest BCUT2D eigenvalue weighted by atomic mass is 9.81. The predicted molar refractivity (Wildman–Crippen MR) is 142 cm³/mol. The second-order valence-electron chi connectivity index (χ2n) is 10.4. The number of nitrogens with one attached hydrogen (secondary N) is 4. The van der Waals surface area contributed by atoms with Crippen molar-refractivity contribution in [2.45, 2.75) is 52.0 Å². The van der Waals surface area contributed by atoms with Crippen LogP contribution in [0, 0.1) is 34.5 Å². The summed E-state index contributed by atoms with van der Waals surface area (Å²) in [5.74, 6) is 1.79. The number of piperidine rings is 2. The minimum absolute atomic E-state index is 0.365. The first-order valence-electron chi connectivity index (χ1n) is 13.2. The van der Waals surface area contributed by atoms with Crippen LogP contribution in [0.3, 0.4) is 0 Å². The topological polar surface area (TPSA) is 114 Å². The molecule has 0 saturated carbocycles. The normalized spacial score (nSPS) is 20.3. The molecular weight excluding hydrogens is 448 g/mol. The summed E-state index contributed by atoms with van der Waals surface area (Å²) < 4.78 is 2.17. The largest absolute Gasteiger partial charge is 0.368 e. The highest BCUT2D eigenvalue weighted by Gasteiger charge is 2.30. The number of aromatic nitrogens is 2. The fourth-order valence-electron chi connectivity index (χ4n) is 5.91. The zero-order valence-electron chi connectivity index (χ0n) is 21.3. The highest BCUT2D eigenvalue weighted by molar-refractivity contribution is 5.91. The van der Waals surface area contributed by atoms with Gasteiger partial charge in [0.25, 0.3) is 0 Å². The van der Waals surface area contributed by atoms with Crippen LogP contribution in [0.4, 0.5) is 5.82 Å². The van der Waals surface area contributed by atoms with Crippen LogP contribution in [-0.2, 0) is 6.54 Å². The summed E-state index contributed by atoms with van der Waals surface area (Å²) in [6, 6.07) is 11.1. The molecule has 0 unspecified atom stereocenters. The van der Waals surface area contributed by atoms with E-state index in [0.29, 0.717) is 23.0 Å². The van der Waals surface area contributed by atoms with Crippen molar-refractivity contribution >= 4 is 16.7 Å². The number of hydrogen-bond acceptors (Lipinski definition) is 7. The molecule has 4 heterocycles. The van der Waals surface area contributed by atoms with E-state index in [-0.39, 0.29) is 5.92 Å². The third-order valence-electron chi connectivity index (χ3n) is 8.02. The van der Waals surface area contributed by atoms with Crippen LogP contribution in [0.5, 0.6) is 0 Å². The van der Waals surface area contributed by atoms with Crippen LogP contribution in [0.25, 0.3) is 10.9 Å². The molecule has 0 amide bonds. The summed E-state index contributed by atoms with van der Waals surface area (Å²) >= 11 is 0. The van der Waals surface area contributed by atoms with Crippen molar-refractivity contribution in [2.75, 3.05) is 38.0 Å². The van der Waals surface area contributed by atoms with E-state index >= 15 is 0 Å². The molecule has 1 aromatic heterocycles. The quantitative estimate of drug-likeness (QED) is 0.494. The monoisotopic (exact) mass is 484 g/mol. The van der Waals surface area contributed by atoms with Crippen molar-refractivity contribution in [3.63, 3.8) is 0 Å². The number of anilines is 1. The molecule has 36 heavy (non-hydrogen) atoms. The van der Waals surface area contributed by atoms with E-state index in [2.05, 4.69) is 56.3 Å². The van der Waals surface area contributed by atoms with E-state index in [0.717, 1.165) is 85.8 Å². The minimum Gasteiger partial charge on any atom is -0.368 e. The molecule has 0 bridgehead atoms. The number of dihydropyridines is 1. The number of rotatable bonds is 6. The van der Waals surface area contributed by atoms with Gasteiger partial charge in [-0.25, -0.2) is 0 Å². The van der Waals surface area contributed by atoms with E-state index < -0.39 is 0 Å². The molecule has 8 heteroatoms. The fourth-order valence-corrected chi connectivity index (χ4v) is 5.91. The van der Waals surface area contributed by atoms with Gasteiger partial charge in [-0.05, 0) is 95.2 Å². The molecule has 5 rings (SSSR count). The molecule has 1 aromatic carbocycles. The Morgan fingerprint density at radius 3 is 2.17 bits per heavy atom. The van der Waals surface area contributed by atoms with Gasteiger partial charge < -0.3 is 21.3 Å². The Morgan fingerprint density at radius 2 is 1.56 bits per heavy atom. The van der Waals surface area contributed by atoms with Crippen LogP contribution in [-0.4, -0.2) is 42.5 Å². The molecule has 3 aliphatic rings. The van der Waals surface area contributed by atoms with Crippen LogP contribution in [0.2, 0.25) is 0 Å². The molecule has 3 aliphatic heterocycles. The second-order valence-corrected chi connectivity index (χ2v) is 10.4. The molecule has 0 aliphatic carbocycles. The molecule has 8 nitrogen and oxygen atoms in total. The lowest BCUT2D eigenvalue weighted by Gasteiger charge is -2.26. The summed E-state index contributed by atoms with van der Waals surface area (Å²) in [5, 5.41) is 39.8. The first-order chi connectivity index (χ1) is 17.6. The maximum Gasteiger partial charge on any atom is 0.155 e. The fraction of sp³-hybridized carbons (Fsp3) is 0.536. The average molecular weight is 485 g/mol. The van der Waals surface area contributed by atoms with Crippen molar-refractivity contribution in [3.8, 4) is 12.1 Å². The first kappa shape index (κ1) is 24.4. The van der Waals surface area contributed by atoms with Crippen LogP contribution < -0.4 is 21.3 Å². The Labute approximate surface area is 213 Å². The van der Waals surface area contributed by atoms with E-state index in [9.17, 15) is 10.5 Å². The number of benzene rings is 1. The van der Waals surface area contributed by atoms with Crippen molar-refractivity contribution in [2.24, 2.45) is 11.8 Å². The van der Waals surface area contributed by atoms with E-state index in [1.807, 2.05) is 13.8 Å². The number of nitrogens with zero attached hydrogens (tertiary/aromatic N) is 4. The van der Waals surface area contributed by atoms with Gasteiger partial charge >= 0.3 is 0 Å². The van der Waals surface area contributed by atoms with Gasteiger partial charge in [-0.15, -0.1) is 0 Å². The second kappa shape index (κ2) is 10.7. The lowest BCUT2D eigenvalue weighted by molar-refractivity contribution is 0.325. The van der Waals surface area contributed by atoms with Gasteiger partial charge in [0.15, 0.2) is 5.82 Å². The number of fused-ring (bicyclic) bond motifs is 1. The van der Waals surface area contributed by atoms with Gasteiger partial charge in [0.2, 0.25) is 0 Å². The van der Waals surface area contributed by atoms with Crippen molar-refractivity contribution in [1.29, 1.82) is 10.5 Å². The predicted octanol–water partition coefficient (Wildman–Crippen LogP) is 3.73. The lowest BCUT2D eigenvalue weighted by Crippen LogP contribution is -2.31. The van der Waals surface area contributed by atoms with Gasteiger partial charge in [0.1, 0.15) is 0 Å². The summed E-state index contributed by atoms with van der Waals surface area (Å²) in [6.45, 7) is 9.90. The Morgan fingerprint density at radius 1 is 0.944 bits per heavy atom. The molecule has 2 saturated heterocycles. The Bertz CT molecular complexity index is 1220. The van der Waals surface area contributed by atoms with E-state index in [1.54, 1.807) is 0 Å². The molecule has 188 valence electrons. The molecule has 0 spiro atoms. The number of hydrogen-bond donors (Lipinski definition) is 4. The minimum atomic E-state index is -0.365. The first-order valence-corrected chi connectivity index (χ1v) is 13.2. The average Bonchev–Trinajstić information content (AvgIpc) is 3.24. The van der Waals surface area contributed by atoms with Crippen LogP contribution in [0.1, 0.15) is 51.0 Å². The van der Waals surface area contributed by atoms with Crippen molar-refractivity contribution < 1.29 is 0 Å². The van der Waals surface area contributed by atoms with Crippen LogP contribution in [0.15, 0.2) is 40.7 Å². The molecule has 0 radical (unpaired) electrons. The summed E-state index contributed by atoms with van der Waals surface area (Å²) in [4.78, 5) is 0. The highest BCUT2D eigenvalue weighted by atomic mass is 15.3. The SMILES string of the molecule is CC1=C(C#N)C(c2ccc3c(c2)c(NCC2CCNCC2)nn3CC2CCNCC2)C(C#N)=C(C)N1. The molecule has 0 atom stereocenters. The molecule has 2 aromatic rings. The Balaban J connectivity index is 1.53. The third-order valence-corrected chi connectivity index (χ3v) is 8.02. The van der Waals surface area contributed by atoms with Crippen LogP contribution >= 0.6 is 0 Å². The van der Waals surface area contributed by atoms with Gasteiger partial charge in [0.05, 0.1) is 34.7 Å². The molecule has 4 N–H and O–H groups in total. The zero-order chi connectivity index (χ0) is 25.1. The standard InChI is InChI=1S/C28H36N8/c1-18-24(14-29)27(25(15-30)19(2)34-18)22-3-4-26-23(13-22)28(33-16-20-5-9-31-10-6-20)35-36(26)17-21-7-11-32-12-8-21/h3-4,13,20-21,27,31-32,34H,5-12,16-17H2,1-2H3,(H,33,35). The van der Waals surface area contributed by atoms with Crippen molar-refractivity contribution in [3.05, 3.63) is 46.3 Å². The summed E-state index contributed by atoms with van der Waals surface area (Å²) in [5.41, 5.74) is 4.89. The maximum atomic E-state index is 9.96. The zero-order valence-corrected chi connectivity index (χ0v) is 21.3. The number of allylic oxidation sites excluding steroid dienone is 4. The summed E-state index contributed by atoms with van der Waals surface area (Å²) in [7, 11) is 0. The maximum absolute atomic E-state index is 9.96. The highest BCUT2D eigenvalue weighted by Crippen LogP contribution is 2.39. The molecule has 2 fully saturated rings. The Kier molecular flexibility index (Phi) is 7.27. The third kappa shape index (κ3) is 4.84. The van der Waals surface area contributed by atoms with Gasteiger partial charge in [-0.2, -0.15) is 15.6 Å². The van der Waals surface area contributed by atoms with E-state index in [1.165, 1.54) is 12.8 Å². The van der Waals surface area contributed by atoms with Gasteiger partial charge in [-0.3, -0.25) is 4.68 Å². The van der Waals surface area contributed by atoms with Crippen molar-refractivity contribution in [1.82, 2.24) is 25.7 Å². The smallest absolute Gasteiger partial charge is 0.155 e. The number of nitriles is 2. The summed E-state index contributed by atoms with van der Waals surface area (Å²) in [6.07, 6.45) is 4.67.